The molecular weight excluding hydrogens is 188 g/mol. The molecule has 1 fully saturated rings. The number of anilines is 2. The van der Waals surface area contributed by atoms with Gasteiger partial charge in [0.2, 0.25) is 0 Å². The van der Waals surface area contributed by atoms with Gasteiger partial charge in [0.05, 0.1) is 11.9 Å². The summed E-state index contributed by atoms with van der Waals surface area (Å²) in [5.41, 5.74) is 6.54. The Hall–Kier alpha value is -1.32. The molecule has 0 spiro atoms. The van der Waals surface area contributed by atoms with Crippen molar-refractivity contribution in [1.82, 2.24) is 9.97 Å². The van der Waals surface area contributed by atoms with Crippen molar-refractivity contribution in [2.24, 2.45) is 5.92 Å². The molecule has 15 heavy (non-hydrogen) atoms. The summed E-state index contributed by atoms with van der Waals surface area (Å²) in [5, 5.41) is 0. The molecule has 2 rings (SSSR count). The van der Waals surface area contributed by atoms with Crippen LogP contribution in [0.5, 0.6) is 0 Å². The van der Waals surface area contributed by atoms with Gasteiger partial charge in [-0.25, -0.2) is 9.97 Å². The largest absolute Gasteiger partial charge is 0.394 e. The molecule has 2 N–H and O–H groups in total. The van der Waals surface area contributed by atoms with E-state index < -0.39 is 0 Å². The molecule has 1 aromatic rings. The van der Waals surface area contributed by atoms with Gasteiger partial charge in [0.1, 0.15) is 6.33 Å². The van der Waals surface area contributed by atoms with E-state index in [4.69, 9.17) is 5.73 Å². The van der Waals surface area contributed by atoms with Gasteiger partial charge in [-0.3, -0.25) is 0 Å². The summed E-state index contributed by atoms with van der Waals surface area (Å²) < 4.78 is 0. The van der Waals surface area contributed by atoms with Crippen LogP contribution in [0.3, 0.4) is 0 Å². The quantitative estimate of drug-likeness (QED) is 0.817. The number of hydrogen-bond acceptors (Lipinski definition) is 4. The van der Waals surface area contributed by atoms with Crippen LogP contribution in [0, 0.1) is 5.92 Å². The Morgan fingerprint density at radius 1 is 1.60 bits per heavy atom. The first kappa shape index (κ1) is 10.2. The molecule has 2 heterocycles. The average molecular weight is 206 g/mol. The Balaban J connectivity index is 2.04. The first-order valence-electron chi connectivity index (χ1n) is 5.61. The van der Waals surface area contributed by atoms with Crippen LogP contribution < -0.4 is 10.6 Å². The van der Waals surface area contributed by atoms with E-state index in [9.17, 15) is 0 Å². The molecule has 0 radical (unpaired) electrons. The molecule has 1 aromatic heterocycles. The third kappa shape index (κ3) is 2.19. The van der Waals surface area contributed by atoms with Crippen LogP contribution in [-0.4, -0.2) is 23.1 Å². The fourth-order valence-corrected chi connectivity index (χ4v) is 2.27. The second-order valence-electron chi connectivity index (χ2n) is 4.19. The Labute approximate surface area is 90.5 Å². The molecule has 0 amide bonds. The van der Waals surface area contributed by atoms with Gasteiger partial charge in [-0.1, -0.05) is 13.3 Å². The SMILES string of the molecule is CCCC1CCN(c2ncncc2N)C1. The Morgan fingerprint density at radius 3 is 3.20 bits per heavy atom. The Kier molecular flexibility index (Phi) is 3.04. The summed E-state index contributed by atoms with van der Waals surface area (Å²) in [6.07, 6.45) is 7.07. The second-order valence-corrected chi connectivity index (χ2v) is 4.19. The standard InChI is InChI=1S/C11H18N4/c1-2-3-9-4-5-15(7-9)11-10(12)6-13-8-14-11/h6,8-9H,2-5,7,12H2,1H3. The smallest absolute Gasteiger partial charge is 0.155 e. The normalized spacial score (nSPS) is 20.9. The number of hydrogen-bond donors (Lipinski definition) is 1. The fourth-order valence-electron chi connectivity index (χ4n) is 2.27. The number of nitrogens with zero attached hydrogens (tertiary/aromatic N) is 3. The first-order chi connectivity index (χ1) is 7.31. The third-order valence-corrected chi connectivity index (χ3v) is 3.00. The van der Waals surface area contributed by atoms with Crippen molar-refractivity contribution >= 4 is 11.5 Å². The number of aromatic nitrogens is 2. The molecule has 1 unspecified atom stereocenters. The highest BCUT2D eigenvalue weighted by Crippen LogP contribution is 2.27. The van der Waals surface area contributed by atoms with Crippen LogP contribution >= 0.6 is 0 Å². The highest BCUT2D eigenvalue weighted by molar-refractivity contribution is 5.61. The lowest BCUT2D eigenvalue weighted by Gasteiger charge is -2.18. The molecule has 1 saturated heterocycles. The van der Waals surface area contributed by atoms with Gasteiger partial charge in [0, 0.05) is 13.1 Å². The minimum Gasteiger partial charge on any atom is -0.394 e. The molecule has 0 saturated carbocycles. The maximum Gasteiger partial charge on any atom is 0.155 e. The predicted octanol–water partition coefficient (Wildman–Crippen LogP) is 1.69. The topological polar surface area (TPSA) is 55.0 Å². The van der Waals surface area contributed by atoms with Crippen LogP contribution in [0.1, 0.15) is 26.2 Å². The lowest BCUT2D eigenvalue weighted by atomic mass is 10.0. The van der Waals surface area contributed by atoms with Gasteiger partial charge in [0.15, 0.2) is 5.82 Å². The Morgan fingerprint density at radius 2 is 2.47 bits per heavy atom. The maximum atomic E-state index is 5.85. The second kappa shape index (κ2) is 4.47. The Bertz CT molecular complexity index is 326. The molecule has 0 aliphatic carbocycles. The average Bonchev–Trinajstić information content (AvgIpc) is 2.68. The lowest BCUT2D eigenvalue weighted by molar-refractivity contribution is 0.529. The van der Waals surface area contributed by atoms with Gasteiger partial charge in [-0.2, -0.15) is 0 Å². The molecule has 4 heteroatoms. The zero-order chi connectivity index (χ0) is 10.7. The summed E-state index contributed by atoms with van der Waals surface area (Å²) in [6.45, 7) is 4.41. The fraction of sp³-hybridized carbons (Fsp3) is 0.636. The number of rotatable bonds is 3. The van der Waals surface area contributed by atoms with E-state index in [1.165, 1.54) is 19.3 Å². The van der Waals surface area contributed by atoms with Crippen LogP contribution in [0.15, 0.2) is 12.5 Å². The molecule has 1 aliphatic heterocycles. The zero-order valence-electron chi connectivity index (χ0n) is 9.19. The predicted molar refractivity (Wildman–Crippen MR) is 61.7 cm³/mol. The molecule has 1 atom stereocenters. The number of nitrogen functional groups attached to an aromatic ring is 1. The van der Waals surface area contributed by atoms with Gasteiger partial charge < -0.3 is 10.6 Å². The van der Waals surface area contributed by atoms with E-state index in [1.54, 1.807) is 12.5 Å². The molecule has 4 nitrogen and oxygen atoms in total. The third-order valence-electron chi connectivity index (χ3n) is 3.00. The van der Waals surface area contributed by atoms with Gasteiger partial charge in [-0.15, -0.1) is 0 Å². The van der Waals surface area contributed by atoms with Crippen molar-refractivity contribution in [2.75, 3.05) is 23.7 Å². The number of nitrogens with two attached hydrogens (primary N) is 1. The molecular formula is C11H18N4. The molecule has 0 bridgehead atoms. The van der Waals surface area contributed by atoms with Crippen molar-refractivity contribution in [1.29, 1.82) is 0 Å². The van der Waals surface area contributed by atoms with Crippen LogP contribution in [0.25, 0.3) is 0 Å². The van der Waals surface area contributed by atoms with E-state index >= 15 is 0 Å². The van der Waals surface area contributed by atoms with Crippen molar-refractivity contribution in [3.63, 3.8) is 0 Å². The van der Waals surface area contributed by atoms with Crippen molar-refractivity contribution in [3.05, 3.63) is 12.5 Å². The van der Waals surface area contributed by atoms with Crippen LogP contribution in [0.2, 0.25) is 0 Å². The summed E-state index contributed by atoms with van der Waals surface area (Å²) in [4.78, 5) is 10.4. The molecule has 1 aliphatic rings. The highest BCUT2D eigenvalue weighted by atomic mass is 15.2. The van der Waals surface area contributed by atoms with Crippen molar-refractivity contribution in [2.45, 2.75) is 26.2 Å². The minimum absolute atomic E-state index is 0.689. The van der Waals surface area contributed by atoms with Gasteiger partial charge in [-0.05, 0) is 18.8 Å². The first-order valence-corrected chi connectivity index (χ1v) is 5.61. The minimum atomic E-state index is 0.689. The van der Waals surface area contributed by atoms with E-state index in [0.29, 0.717) is 5.69 Å². The molecule has 82 valence electrons. The summed E-state index contributed by atoms with van der Waals surface area (Å²) in [5.74, 6) is 1.72. The molecule has 0 aromatic carbocycles. The van der Waals surface area contributed by atoms with Crippen molar-refractivity contribution in [3.8, 4) is 0 Å². The van der Waals surface area contributed by atoms with Crippen LogP contribution in [-0.2, 0) is 0 Å². The van der Waals surface area contributed by atoms with Crippen molar-refractivity contribution < 1.29 is 0 Å². The summed E-state index contributed by atoms with van der Waals surface area (Å²) >= 11 is 0. The van der Waals surface area contributed by atoms with Gasteiger partial charge >= 0.3 is 0 Å². The van der Waals surface area contributed by atoms with Gasteiger partial charge in [0.25, 0.3) is 0 Å². The monoisotopic (exact) mass is 206 g/mol. The summed E-state index contributed by atoms with van der Waals surface area (Å²) in [7, 11) is 0. The summed E-state index contributed by atoms with van der Waals surface area (Å²) in [6, 6.07) is 0. The zero-order valence-corrected chi connectivity index (χ0v) is 9.19. The highest BCUT2D eigenvalue weighted by Gasteiger charge is 2.23. The van der Waals surface area contributed by atoms with E-state index in [2.05, 4.69) is 21.8 Å². The maximum absolute atomic E-state index is 5.85. The van der Waals surface area contributed by atoms with Crippen LogP contribution in [0.4, 0.5) is 11.5 Å². The van der Waals surface area contributed by atoms with E-state index in [1.807, 2.05) is 0 Å². The lowest BCUT2D eigenvalue weighted by Crippen LogP contribution is -2.22. The van der Waals surface area contributed by atoms with E-state index in [-0.39, 0.29) is 0 Å². The van der Waals surface area contributed by atoms with E-state index in [0.717, 1.165) is 24.8 Å².